The van der Waals surface area contributed by atoms with Crippen LogP contribution in [0.25, 0.3) is 0 Å². The Balaban J connectivity index is 2.10. The van der Waals surface area contributed by atoms with Crippen molar-refractivity contribution < 1.29 is 9.90 Å². The first-order chi connectivity index (χ1) is 9.99. The van der Waals surface area contributed by atoms with Gasteiger partial charge < -0.3 is 5.11 Å². The monoisotopic (exact) mass is 506 g/mol. The lowest BCUT2D eigenvalue weighted by Gasteiger charge is -2.04. The number of nitrogens with zero attached hydrogens (tertiary/aromatic N) is 1. The predicted octanol–water partition coefficient (Wildman–Crippen LogP) is 3.67. The lowest BCUT2D eigenvalue weighted by atomic mass is 10.1. The Morgan fingerprint density at radius 2 is 1.86 bits per heavy atom. The van der Waals surface area contributed by atoms with E-state index in [9.17, 15) is 9.90 Å². The van der Waals surface area contributed by atoms with Gasteiger partial charge in [-0.25, -0.2) is 5.43 Å². The lowest BCUT2D eigenvalue weighted by Crippen LogP contribution is -2.18. The summed E-state index contributed by atoms with van der Waals surface area (Å²) in [4.78, 5) is 12.0. The number of aromatic hydroxyl groups is 1. The van der Waals surface area contributed by atoms with E-state index in [0.29, 0.717) is 5.56 Å². The minimum absolute atomic E-state index is 0.243. The van der Waals surface area contributed by atoms with Crippen molar-refractivity contribution in [1.29, 1.82) is 0 Å². The van der Waals surface area contributed by atoms with Crippen LogP contribution in [0.3, 0.4) is 0 Å². The first-order valence-electron chi connectivity index (χ1n) is 6.06. The second-order valence-corrected chi connectivity index (χ2v) is 6.67. The molecule has 0 radical (unpaired) electrons. The normalized spacial score (nSPS) is 10.8. The zero-order valence-corrected chi connectivity index (χ0v) is 15.4. The van der Waals surface area contributed by atoms with Crippen LogP contribution in [0.15, 0.2) is 41.5 Å². The molecule has 0 aliphatic rings. The number of benzene rings is 2. The number of carbonyl (C=O) groups is 1. The van der Waals surface area contributed by atoms with Gasteiger partial charge >= 0.3 is 0 Å². The third-order valence-corrected chi connectivity index (χ3v) is 4.45. The van der Waals surface area contributed by atoms with E-state index in [1.54, 1.807) is 24.4 Å². The third kappa shape index (κ3) is 4.16. The second kappa shape index (κ2) is 7.21. The maximum Gasteiger partial charge on any atom is 0.271 e. The number of hydrogen-bond acceptors (Lipinski definition) is 3. The third-order valence-electron chi connectivity index (χ3n) is 2.81. The fourth-order valence-corrected chi connectivity index (χ4v) is 3.53. The van der Waals surface area contributed by atoms with Gasteiger partial charge in [-0.15, -0.1) is 0 Å². The summed E-state index contributed by atoms with van der Waals surface area (Å²) in [6.07, 6.45) is 1.56. The standard InChI is InChI=1S/C15H12I2N2O2/c1-9-4-2-3-5-11(9)15(21)19-18-8-10-6-12(16)14(20)13(17)7-10/h2-8,20H,1H3,(H,19,21)/b18-8+. The second-order valence-electron chi connectivity index (χ2n) is 4.35. The minimum Gasteiger partial charge on any atom is -0.506 e. The molecule has 2 aromatic carbocycles. The summed E-state index contributed by atoms with van der Waals surface area (Å²) in [5, 5.41) is 13.7. The van der Waals surface area contributed by atoms with Crippen LogP contribution in [-0.4, -0.2) is 17.2 Å². The summed E-state index contributed by atoms with van der Waals surface area (Å²) in [6.45, 7) is 1.88. The molecule has 4 nitrogen and oxygen atoms in total. The Morgan fingerprint density at radius 3 is 2.48 bits per heavy atom. The van der Waals surface area contributed by atoms with E-state index in [4.69, 9.17) is 0 Å². The average Bonchev–Trinajstić information content (AvgIpc) is 2.45. The number of hydrazone groups is 1. The summed E-state index contributed by atoms with van der Waals surface area (Å²) in [6, 6.07) is 10.9. The van der Waals surface area contributed by atoms with Gasteiger partial charge in [0.2, 0.25) is 0 Å². The number of nitrogens with one attached hydrogen (secondary N) is 1. The largest absolute Gasteiger partial charge is 0.506 e. The summed E-state index contributed by atoms with van der Waals surface area (Å²) in [5.74, 6) is 0.0184. The molecule has 2 N–H and O–H groups in total. The van der Waals surface area contributed by atoms with Crippen LogP contribution < -0.4 is 5.43 Å². The molecular formula is C15H12I2N2O2. The molecule has 0 aliphatic heterocycles. The van der Waals surface area contributed by atoms with Gasteiger partial charge in [-0.05, 0) is 81.4 Å². The molecule has 0 aromatic heterocycles. The predicted molar refractivity (Wildman–Crippen MR) is 99.8 cm³/mol. The van der Waals surface area contributed by atoms with E-state index >= 15 is 0 Å². The first kappa shape index (κ1) is 16.2. The van der Waals surface area contributed by atoms with Crippen LogP contribution in [-0.2, 0) is 0 Å². The van der Waals surface area contributed by atoms with Crippen molar-refractivity contribution in [3.63, 3.8) is 0 Å². The SMILES string of the molecule is Cc1ccccc1C(=O)N/N=C/c1cc(I)c(O)c(I)c1. The molecule has 0 heterocycles. The molecule has 0 fully saturated rings. The number of aryl methyl sites for hydroxylation is 1. The van der Waals surface area contributed by atoms with Gasteiger partial charge in [0.15, 0.2) is 0 Å². The minimum atomic E-state index is -0.243. The van der Waals surface area contributed by atoms with Crippen molar-refractivity contribution in [3.8, 4) is 5.75 Å². The first-order valence-corrected chi connectivity index (χ1v) is 8.22. The summed E-state index contributed by atoms with van der Waals surface area (Å²) >= 11 is 4.10. The molecule has 108 valence electrons. The van der Waals surface area contributed by atoms with Gasteiger partial charge in [-0.3, -0.25) is 4.79 Å². The maximum absolute atomic E-state index is 12.0. The summed E-state index contributed by atoms with van der Waals surface area (Å²) in [5.41, 5.74) is 4.82. The Bertz CT molecular complexity index is 692. The zero-order chi connectivity index (χ0) is 15.4. The zero-order valence-electron chi connectivity index (χ0n) is 11.1. The maximum atomic E-state index is 12.0. The molecule has 0 saturated heterocycles. The smallest absolute Gasteiger partial charge is 0.271 e. The van der Waals surface area contributed by atoms with E-state index in [1.165, 1.54) is 0 Å². The fourth-order valence-electron chi connectivity index (χ4n) is 1.71. The summed E-state index contributed by atoms with van der Waals surface area (Å²) in [7, 11) is 0. The van der Waals surface area contributed by atoms with E-state index < -0.39 is 0 Å². The fraction of sp³-hybridized carbons (Fsp3) is 0.0667. The number of phenols is 1. The Morgan fingerprint density at radius 1 is 1.24 bits per heavy atom. The topological polar surface area (TPSA) is 61.7 Å². The van der Waals surface area contributed by atoms with E-state index in [-0.39, 0.29) is 11.7 Å². The van der Waals surface area contributed by atoms with Gasteiger partial charge in [-0.1, -0.05) is 18.2 Å². The number of rotatable bonds is 3. The molecule has 2 aromatic rings. The number of halogens is 2. The molecule has 0 bridgehead atoms. The van der Waals surface area contributed by atoms with Crippen molar-refractivity contribution in [2.24, 2.45) is 5.10 Å². The number of phenolic OH excluding ortho intramolecular Hbond substituents is 1. The van der Waals surface area contributed by atoms with Gasteiger partial charge in [0.1, 0.15) is 5.75 Å². The Hall–Kier alpha value is -1.16. The van der Waals surface area contributed by atoms with Crippen molar-refractivity contribution >= 4 is 57.3 Å². The molecule has 6 heteroatoms. The number of amides is 1. The highest BCUT2D eigenvalue weighted by atomic mass is 127. The van der Waals surface area contributed by atoms with Crippen molar-refractivity contribution in [1.82, 2.24) is 5.43 Å². The van der Waals surface area contributed by atoms with Crippen LogP contribution >= 0.6 is 45.2 Å². The highest BCUT2D eigenvalue weighted by Crippen LogP contribution is 2.26. The highest BCUT2D eigenvalue weighted by Gasteiger charge is 2.07. The van der Waals surface area contributed by atoms with E-state index in [2.05, 4.69) is 55.7 Å². The molecule has 21 heavy (non-hydrogen) atoms. The molecular weight excluding hydrogens is 494 g/mol. The molecule has 0 aliphatic carbocycles. The van der Waals surface area contributed by atoms with E-state index in [0.717, 1.165) is 18.3 Å². The Labute approximate surface area is 149 Å². The summed E-state index contributed by atoms with van der Waals surface area (Å²) < 4.78 is 1.48. The Kier molecular flexibility index (Phi) is 5.57. The van der Waals surface area contributed by atoms with E-state index in [1.807, 2.05) is 25.1 Å². The quantitative estimate of drug-likeness (QED) is 0.380. The molecule has 0 unspecified atom stereocenters. The molecule has 2 rings (SSSR count). The number of hydrogen-bond donors (Lipinski definition) is 2. The molecule has 0 saturated carbocycles. The van der Waals surface area contributed by atoms with Crippen molar-refractivity contribution in [2.75, 3.05) is 0 Å². The lowest BCUT2D eigenvalue weighted by molar-refractivity contribution is 0.0954. The number of carbonyl (C=O) groups excluding carboxylic acids is 1. The van der Waals surface area contributed by atoms with Crippen LogP contribution in [0, 0.1) is 14.1 Å². The van der Waals surface area contributed by atoms with Gasteiger partial charge in [-0.2, -0.15) is 5.10 Å². The van der Waals surface area contributed by atoms with Gasteiger partial charge in [0.05, 0.1) is 13.4 Å². The molecule has 0 spiro atoms. The van der Waals surface area contributed by atoms with Crippen molar-refractivity contribution in [3.05, 3.63) is 60.2 Å². The highest BCUT2D eigenvalue weighted by molar-refractivity contribution is 14.1. The van der Waals surface area contributed by atoms with Crippen LogP contribution in [0.5, 0.6) is 5.75 Å². The van der Waals surface area contributed by atoms with Crippen LogP contribution in [0.1, 0.15) is 21.5 Å². The van der Waals surface area contributed by atoms with Gasteiger partial charge in [0, 0.05) is 5.56 Å². The van der Waals surface area contributed by atoms with Crippen LogP contribution in [0.2, 0.25) is 0 Å². The average molecular weight is 506 g/mol. The molecule has 0 atom stereocenters. The van der Waals surface area contributed by atoms with Crippen LogP contribution in [0.4, 0.5) is 0 Å². The van der Waals surface area contributed by atoms with Gasteiger partial charge in [0.25, 0.3) is 5.91 Å². The van der Waals surface area contributed by atoms with Crippen molar-refractivity contribution in [2.45, 2.75) is 6.92 Å². The molecule has 1 amide bonds.